The molecule has 82 valence electrons. The number of amides is 1. The van der Waals surface area contributed by atoms with Crippen molar-refractivity contribution in [3.05, 3.63) is 30.0 Å². The molecule has 0 fully saturated rings. The molecule has 2 heterocycles. The van der Waals surface area contributed by atoms with Gasteiger partial charge in [0.25, 0.3) is 0 Å². The molecule has 0 unspecified atom stereocenters. The zero-order chi connectivity index (χ0) is 11.1. The maximum atomic E-state index is 10.9. The quantitative estimate of drug-likeness (QED) is 0.728. The molecule has 0 saturated carbocycles. The van der Waals surface area contributed by atoms with Crippen LogP contribution < -0.4 is 0 Å². The predicted molar refractivity (Wildman–Crippen MR) is 58.2 cm³/mol. The van der Waals surface area contributed by atoms with E-state index in [-0.39, 0.29) is 0 Å². The molecular formula is C11H11N3O2. The largest absolute Gasteiger partial charge is 0.465 e. The van der Waals surface area contributed by atoms with Gasteiger partial charge < -0.3 is 10.0 Å². The SMILES string of the molecule is O=C(O)N1CCn2nc3ccccc3c2C1. The van der Waals surface area contributed by atoms with Crippen molar-refractivity contribution < 1.29 is 9.90 Å². The van der Waals surface area contributed by atoms with Crippen LogP contribution in [0.25, 0.3) is 10.9 Å². The summed E-state index contributed by atoms with van der Waals surface area (Å²) in [5, 5.41) is 14.5. The standard InChI is InChI=1S/C11H11N3O2/c15-11(16)13-5-6-14-10(7-13)8-3-1-2-4-9(8)12-14/h1-4H,5-7H2,(H,15,16). The van der Waals surface area contributed by atoms with Crippen molar-refractivity contribution in [2.24, 2.45) is 0 Å². The van der Waals surface area contributed by atoms with E-state index in [0.29, 0.717) is 19.6 Å². The van der Waals surface area contributed by atoms with Crippen molar-refractivity contribution >= 4 is 17.0 Å². The summed E-state index contributed by atoms with van der Waals surface area (Å²) < 4.78 is 1.91. The third-order valence-electron chi connectivity index (χ3n) is 2.95. The predicted octanol–water partition coefficient (Wildman–Crippen LogP) is 1.53. The highest BCUT2D eigenvalue weighted by Gasteiger charge is 2.22. The molecule has 1 aliphatic rings. The average molecular weight is 217 g/mol. The van der Waals surface area contributed by atoms with E-state index in [1.165, 1.54) is 4.90 Å². The Labute approximate surface area is 91.9 Å². The van der Waals surface area contributed by atoms with Crippen molar-refractivity contribution in [3.8, 4) is 0 Å². The lowest BCUT2D eigenvalue weighted by atomic mass is 10.2. The highest BCUT2D eigenvalue weighted by molar-refractivity contribution is 5.82. The second kappa shape index (κ2) is 3.23. The molecule has 0 saturated heterocycles. The second-order valence-corrected chi connectivity index (χ2v) is 3.89. The Morgan fingerprint density at radius 2 is 2.12 bits per heavy atom. The van der Waals surface area contributed by atoms with Gasteiger partial charge in [0, 0.05) is 11.9 Å². The van der Waals surface area contributed by atoms with E-state index in [0.717, 1.165) is 16.6 Å². The van der Waals surface area contributed by atoms with E-state index in [4.69, 9.17) is 5.11 Å². The monoisotopic (exact) mass is 217 g/mol. The first-order valence-corrected chi connectivity index (χ1v) is 5.18. The highest BCUT2D eigenvalue weighted by Crippen LogP contribution is 2.22. The van der Waals surface area contributed by atoms with Crippen molar-refractivity contribution in [3.63, 3.8) is 0 Å². The summed E-state index contributed by atoms with van der Waals surface area (Å²) in [5.74, 6) is 0. The molecule has 5 nitrogen and oxygen atoms in total. The maximum Gasteiger partial charge on any atom is 0.407 e. The van der Waals surface area contributed by atoms with Gasteiger partial charge in [0.15, 0.2) is 0 Å². The fourth-order valence-electron chi connectivity index (χ4n) is 2.12. The van der Waals surface area contributed by atoms with E-state index < -0.39 is 6.09 Å². The Morgan fingerprint density at radius 3 is 2.94 bits per heavy atom. The molecule has 1 amide bonds. The molecule has 0 radical (unpaired) electrons. The Morgan fingerprint density at radius 1 is 1.31 bits per heavy atom. The number of rotatable bonds is 0. The molecule has 0 aliphatic carbocycles. The van der Waals surface area contributed by atoms with Crippen LogP contribution in [0.2, 0.25) is 0 Å². The zero-order valence-corrected chi connectivity index (χ0v) is 8.63. The fraction of sp³-hybridized carbons (Fsp3) is 0.273. The summed E-state index contributed by atoms with van der Waals surface area (Å²) in [7, 11) is 0. The molecule has 1 aromatic heterocycles. The summed E-state index contributed by atoms with van der Waals surface area (Å²) in [6.45, 7) is 1.57. The zero-order valence-electron chi connectivity index (χ0n) is 8.63. The van der Waals surface area contributed by atoms with Gasteiger partial charge in [-0.1, -0.05) is 18.2 Å². The number of nitrogens with zero attached hydrogens (tertiary/aromatic N) is 3. The van der Waals surface area contributed by atoms with Crippen LogP contribution in [0, 0.1) is 0 Å². The number of aromatic nitrogens is 2. The first-order valence-electron chi connectivity index (χ1n) is 5.18. The number of hydrogen-bond acceptors (Lipinski definition) is 2. The minimum absolute atomic E-state index is 0.426. The van der Waals surface area contributed by atoms with E-state index in [1.54, 1.807) is 0 Å². The number of benzene rings is 1. The molecule has 5 heteroatoms. The van der Waals surface area contributed by atoms with Crippen LogP contribution in [0.5, 0.6) is 0 Å². The molecular weight excluding hydrogens is 206 g/mol. The lowest BCUT2D eigenvalue weighted by Crippen LogP contribution is -2.37. The molecule has 16 heavy (non-hydrogen) atoms. The van der Waals surface area contributed by atoms with Gasteiger partial charge in [-0.2, -0.15) is 5.10 Å². The summed E-state index contributed by atoms with van der Waals surface area (Å²) in [6.07, 6.45) is -0.864. The molecule has 0 spiro atoms. The first-order chi connectivity index (χ1) is 7.75. The molecule has 1 aromatic carbocycles. The van der Waals surface area contributed by atoms with Crippen molar-refractivity contribution in [2.45, 2.75) is 13.1 Å². The molecule has 1 aliphatic heterocycles. The number of carboxylic acid groups (broad SMARTS) is 1. The van der Waals surface area contributed by atoms with Gasteiger partial charge in [-0.25, -0.2) is 4.79 Å². The van der Waals surface area contributed by atoms with Crippen LogP contribution in [0.15, 0.2) is 24.3 Å². The Balaban J connectivity index is 2.11. The summed E-state index contributed by atoms with van der Waals surface area (Å²) in [5.41, 5.74) is 1.92. The summed E-state index contributed by atoms with van der Waals surface area (Å²) >= 11 is 0. The highest BCUT2D eigenvalue weighted by atomic mass is 16.4. The van der Waals surface area contributed by atoms with E-state index in [9.17, 15) is 4.79 Å². The van der Waals surface area contributed by atoms with Crippen molar-refractivity contribution in [1.29, 1.82) is 0 Å². The minimum Gasteiger partial charge on any atom is -0.465 e. The first kappa shape index (κ1) is 9.21. The van der Waals surface area contributed by atoms with Crippen LogP contribution in [0.1, 0.15) is 5.69 Å². The van der Waals surface area contributed by atoms with Crippen LogP contribution in [0.4, 0.5) is 4.79 Å². The van der Waals surface area contributed by atoms with Gasteiger partial charge in [0.05, 0.1) is 24.3 Å². The van der Waals surface area contributed by atoms with Crippen LogP contribution in [0.3, 0.4) is 0 Å². The van der Waals surface area contributed by atoms with Gasteiger partial charge in [0.1, 0.15) is 0 Å². The van der Waals surface area contributed by atoms with Crippen molar-refractivity contribution in [1.82, 2.24) is 14.7 Å². The second-order valence-electron chi connectivity index (χ2n) is 3.89. The van der Waals surface area contributed by atoms with Crippen LogP contribution >= 0.6 is 0 Å². The number of fused-ring (bicyclic) bond motifs is 3. The molecule has 1 N–H and O–H groups in total. The van der Waals surface area contributed by atoms with Gasteiger partial charge in [-0.3, -0.25) is 4.68 Å². The maximum absolute atomic E-state index is 10.9. The summed E-state index contributed by atoms with van der Waals surface area (Å²) in [6, 6.07) is 7.83. The third-order valence-corrected chi connectivity index (χ3v) is 2.95. The molecule has 0 bridgehead atoms. The Bertz CT molecular complexity index is 561. The topological polar surface area (TPSA) is 58.4 Å². The van der Waals surface area contributed by atoms with E-state index >= 15 is 0 Å². The van der Waals surface area contributed by atoms with Crippen LogP contribution in [-0.4, -0.2) is 32.4 Å². The van der Waals surface area contributed by atoms with Gasteiger partial charge in [0.2, 0.25) is 0 Å². The Kier molecular flexibility index (Phi) is 1.86. The Hall–Kier alpha value is -2.04. The lowest BCUT2D eigenvalue weighted by Gasteiger charge is -2.25. The molecule has 3 rings (SSSR count). The lowest BCUT2D eigenvalue weighted by molar-refractivity contribution is 0.131. The van der Waals surface area contributed by atoms with Crippen LogP contribution in [-0.2, 0) is 13.1 Å². The van der Waals surface area contributed by atoms with Gasteiger partial charge >= 0.3 is 6.09 Å². The smallest absolute Gasteiger partial charge is 0.407 e. The van der Waals surface area contributed by atoms with Gasteiger partial charge in [-0.15, -0.1) is 0 Å². The fourth-order valence-corrected chi connectivity index (χ4v) is 2.12. The number of carbonyl (C=O) groups is 1. The third kappa shape index (κ3) is 1.25. The molecule has 2 aromatic rings. The normalized spacial score (nSPS) is 15.1. The number of hydrogen-bond donors (Lipinski definition) is 1. The van der Waals surface area contributed by atoms with Crippen molar-refractivity contribution in [2.75, 3.05) is 6.54 Å². The van der Waals surface area contributed by atoms with E-state index in [2.05, 4.69) is 5.10 Å². The molecule has 0 atom stereocenters. The van der Waals surface area contributed by atoms with Gasteiger partial charge in [-0.05, 0) is 6.07 Å². The average Bonchev–Trinajstić information content (AvgIpc) is 2.66. The minimum atomic E-state index is -0.864. The van der Waals surface area contributed by atoms with E-state index in [1.807, 2.05) is 28.9 Å². The summed E-state index contributed by atoms with van der Waals surface area (Å²) in [4.78, 5) is 12.3.